The molecule has 4 rings (SSSR count). The van der Waals surface area contributed by atoms with E-state index in [-0.39, 0.29) is 6.17 Å². The van der Waals surface area contributed by atoms with E-state index < -0.39 is 6.09 Å². The first-order chi connectivity index (χ1) is 12.2. The highest BCUT2D eigenvalue weighted by atomic mass is 16.4. The molecule has 1 aliphatic heterocycles. The number of carbonyl (C=O) groups is 1. The zero-order valence-corrected chi connectivity index (χ0v) is 13.6. The molecule has 1 fully saturated rings. The summed E-state index contributed by atoms with van der Waals surface area (Å²) in [4.78, 5) is 19.3. The smallest absolute Gasteiger partial charge is 0.407 e. The van der Waals surface area contributed by atoms with Crippen molar-refractivity contribution in [1.82, 2.24) is 29.8 Å². The number of rotatable bonds is 3. The zero-order valence-electron chi connectivity index (χ0n) is 13.6. The van der Waals surface area contributed by atoms with Gasteiger partial charge in [0.25, 0.3) is 0 Å². The second-order valence-corrected chi connectivity index (χ2v) is 5.96. The van der Waals surface area contributed by atoms with Gasteiger partial charge in [-0.3, -0.25) is 9.88 Å². The molecule has 1 aromatic carbocycles. The van der Waals surface area contributed by atoms with Crippen molar-refractivity contribution in [3.63, 3.8) is 0 Å². The number of para-hydroxylation sites is 1. The second-order valence-electron chi connectivity index (χ2n) is 5.96. The highest BCUT2D eigenvalue weighted by Gasteiger charge is 2.30. The third-order valence-electron chi connectivity index (χ3n) is 4.49. The Morgan fingerprint density at radius 3 is 2.52 bits per heavy atom. The minimum absolute atomic E-state index is 0.218. The summed E-state index contributed by atoms with van der Waals surface area (Å²) in [5.41, 5.74) is 2.62. The van der Waals surface area contributed by atoms with Gasteiger partial charge in [-0.15, -0.1) is 5.10 Å². The predicted molar refractivity (Wildman–Crippen MR) is 91.1 cm³/mol. The van der Waals surface area contributed by atoms with Crippen LogP contribution in [0.5, 0.6) is 0 Å². The lowest BCUT2D eigenvalue weighted by Gasteiger charge is -2.37. The van der Waals surface area contributed by atoms with Crippen LogP contribution < -0.4 is 0 Å². The van der Waals surface area contributed by atoms with Gasteiger partial charge in [-0.2, -0.15) is 0 Å². The van der Waals surface area contributed by atoms with E-state index in [0.29, 0.717) is 26.2 Å². The largest absolute Gasteiger partial charge is 0.465 e. The fourth-order valence-electron chi connectivity index (χ4n) is 3.22. The van der Waals surface area contributed by atoms with Crippen molar-refractivity contribution in [1.29, 1.82) is 0 Å². The Kier molecular flexibility index (Phi) is 4.02. The minimum atomic E-state index is -0.875. The van der Waals surface area contributed by atoms with E-state index in [1.165, 1.54) is 4.90 Å². The topological polar surface area (TPSA) is 87.4 Å². The van der Waals surface area contributed by atoms with E-state index in [2.05, 4.69) is 20.2 Å². The SMILES string of the molecule is O=C(O)N1CCN(C(c2ccccn2)n2nnc3ccccc32)CC1. The highest BCUT2D eigenvalue weighted by molar-refractivity contribution is 5.74. The summed E-state index contributed by atoms with van der Waals surface area (Å²) in [5.74, 6) is 0. The molecule has 0 saturated carbocycles. The molecule has 0 radical (unpaired) electrons. The number of nitrogens with zero attached hydrogens (tertiary/aromatic N) is 6. The molecule has 3 heterocycles. The van der Waals surface area contributed by atoms with E-state index in [1.54, 1.807) is 6.20 Å². The maximum Gasteiger partial charge on any atom is 0.407 e. The number of carboxylic acid groups (broad SMARTS) is 1. The van der Waals surface area contributed by atoms with Gasteiger partial charge < -0.3 is 10.0 Å². The number of pyridine rings is 1. The lowest BCUT2D eigenvalue weighted by Crippen LogP contribution is -2.50. The van der Waals surface area contributed by atoms with Crippen LogP contribution in [0.15, 0.2) is 48.7 Å². The molecular weight excluding hydrogens is 320 g/mol. The van der Waals surface area contributed by atoms with Gasteiger partial charge in [0, 0.05) is 32.4 Å². The van der Waals surface area contributed by atoms with Crippen LogP contribution in [0.2, 0.25) is 0 Å². The van der Waals surface area contributed by atoms with Crippen LogP contribution in [0, 0.1) is 0 Å². The average Bonchev–Trinajstić information content (AvgIpc) is 3.07. The van der Waals surface area contributed by atoms with E-state index >= 15 is 0 Å². The maximum atomic E-state index is 11.2. The van der Waals surface area contributed by atoms with E-state index in [0.717, 1.165) is 16.7 Å². The van der Waals surface area contributed by atoms with Gasteiger partial charge in [-0.05, 0) is 24.3 Å². The van der Waals surface area contributed by atoms with Crippen molar-refractivity contribution in [2.75, 3.05) is 26.2 Å². The van der Waals surface area contributed by atoms with E-state index in [4.69, 9.17) is 0 Å². The molecule has 1 aliphatic rings. The number of fused-ring (bicyclic) bond motifs is 1. The third kappa shape index (κ3) is 2.91. The number of aromatic nitrogens is 4. The van der Waals surface area contributed by atoms with Gasteiger partial charge in [0.05, 0.1) is 11.2 Å². The van der Waals surface area contributed by atoms with Crippen LogP contribution in [0.3, 0.4) is 0 Å². The lowest BCUT2D eigenvalue weighted by molar-refractivity contribution is 0.0717. The minimum Gasteiger partial charge on any atom is -0.465 e. The first kappa shape index (κ1) is 15.5. The molecule has 2 aromatic heterocycles. The summed E-state index contributed by atoms with van der Waals surface area (Å²) in [6, 6.07) is 13.6. The summed E-state index contributed by atoms with van der Waals surface area (Å²) in [6.45, 7) is 2.15. The van der Waals surface area contributed by atoms with E-state index in [1.807, 2.05) is 47.1 Å². The first-order valence-electron chi connectivity index (χ1n) is 8.17. The molecule has 1 unspecified atom stereocenters. The molecular formula is C17H18N6O2. The van der Waals surface area contributed by atoms with Crippen molar-refractivity contribution in [3.8, 4) is 0 Å². The maximum absolute atomic E-state index is 11.2. The number of hydrogen-bond donors (Lipinski definition) is 1. The molecule has 0 bridgehead atoms. The van der Waals surface area contributed by atoms with Crippen LogP contribution in [0.1, 0.15) is 11.9 Å². The molecule has 1 amide bonds. The first-order valence-corrected chi connectivity index (χ1v) is 8.17. The van der Waals surface area contributed by atoms with Crippen LogP contribution in [-0.4, -0.2) is 67.2 Å². The molecule has 0 spiro atoms. The summed E-state index contributed by atoms with van der Waals surface area (Å²) >= 11 is 0. The molecule has 8 nitrogen and oxygen atoms in total. The van der Waals surface area contributed by atoms with Crippen molar-refractivity contribution < 1.29 is 9.90 Å². The third-order valence-corrected chi connectivity index (χ3v) is 4.49. The molecule has 1 saturated heterocycles. The lowest BCUT2D eigenvalue weighted by atomic mass is 10.2. The number of amides is 1. The molecule has 0 aliphatic carbocycles. The second kappa shape index (κ2) is 6.48. The summed E-state index contributed by atoms with van der Waals surface area (Å²) in [5, 5.41) is 17.8. The zero-order chi connectivity index (χ0) is 17.2. The molecule has 128 valence electrons. The van der Waals surface area contributed by atoms with Gasteiger partial charge in [0.15, 0.2) is 0 Å². The van der Waals surface area contributed by atoms with Crippen LogP contribution in [-0.2, 0) is 0 Å². The van der Waals surface area contributed by atoms with Crippen molar-refractivity contribution >= 4 is 17.1 Å². The van der Waals surface area contributed by atoms with Gasteiger partial charge in [-0.25, -0.2) is 9.48 Å². The van der Waals surface area contributed by atoms with E-state index in [9.17, 15) is 9.90 Å². The molecule has 25 heavy (non-hydrogen) atoms. The number of benzene rings is 1. The Balaban J connectivity index is 1.72. The summed E-state index contributed by atoms with van der Waals surface area (Å²) in [7, 11) is 0. The Morgan fingerprint density at radius 2 is 1.80 bits per heavy atom. The normalized spacial score (nSPS) is 16.9. The quantitative estimate of drug-likeness (QED) is 0.782. The number of piperazine rings is 1. The van der Waals surface area contributed by atoms with Gasteiger partial charge in [0.1, 0.15) is 11.7 Å². The Labute approximate surface area is 144 Å². The Hall–Kier alpha value is -3.00. The van der Waals surface area contributed by atoms with Gasteiger partial charge in [-0.1, -0.05) is 23.4 Å². The fraction of sp³-hybridized carbons (Fsp3) is 0.294. The molecule has 3 aromatic rings. The summed E-state index contributed by atoms with van der Waals surface area (Å²) < 4.78 is 1.87. The average molecular weight is 338 g/mol. The molecule has 1 N–H and O–H groups in total. The Bertz CT molecular complexity index is 873. The van der Waals surface area contributed by atoms with Crippen molar-refractivity contribution in [2.24, 2.45) is 0 Å². The number of hydrogen-bond acceptors (Lipinski definition) is 5. The van der Waals surface area contributed by atoms with Crippen molar-refractivity contribution in [3.05, 3.63) is 54.4 Å². The van der Waals surface area contributed by atoms with Gasteiger partial charge >= 0.3 is 6.09 Å². The van der Waals surface area contributed by atoms with Crippen LogP contribution in [0.4, 0.5) is 4.79 Å². The van der Waals surface area contributed by atoms with Gasteiger partial charge in [0.2, 0.25) is 0 Å². The standard InChI is InChI=1S/C17H18N6O2/c24-17(25)22-11-9-21(10-12-22)16(14-6-3-4-8-18-14)23-15-7-2-1-5-13(15)19-20-23/h1-8,16H,9-12H2,(H,24,25). The Morgan fingerprint density at radius 1 is 1.04 bits per heavy atom. The fourth-order valence-corrected chi connectivity index (χ4v) is 3.22. The van der Waals surface area contributed by atoms with Crippen molar-refractivity contribution in [2.45, 2.75) is 6.17 Å². The highest BCUT2D eigenvalue weighted by Crippen LogP contribution is 2.25. The predicted octanol–water partition coefficient (Wildman–Crippen LogP) is 1.67. The molecule has 1 atom stereocenters. The summed E-state index contributed by atoms with van der Waals surface area (Å²) in [6.07, 6.45) is 0.666. The molecule has 8 heteroatoms. The van der Waals surface area contributed by atoms with Crippen LogP contribution >= 0.6 is 0 Å². The van der Waals surface area contributed by atoms with Crippen LogP contribution in [0.25, 0.3) is 11.0 Å². The monoisotopic (exact) mass is 338 g/mol.